The van der Waals surface area contributed by atoms with Gasteiger partial charge < -0.3 is 9.64 Å². The third-order valence-electron chi connectivity index (χ3n) is 5.35. The minimum Gasteiger partial charge on any atom is -0.447 e. The van der Waals surface area contributed by atoms with Gasteiger partial charge in [-0.15, -0.1) is 0 Å². The number of benzene rings is 1. The standard InChI is InChI=1S/C22H23F3N4O6S/c1-13(2)35-19(31)27-17-11-26-10-9-14(17)12-28-20(32)29(18(30)21(28,3)4)15-5-7-16(8-6-15)36(33,34)22(23,24)25/h5-11,13H,12H2,1-4H3,(H,27,31). The van der Waals surface area contributed by atoms with Crippen LogP contribution in [0.25, 0.3) is 0 Å². The lowest BCUT2D eigenvalue weighted by molar-refractivity contribution is -0.123. The molecule has 0 bridgehead atoms. The summed E-state index contributed by atoms with van der Waals surface area (Å²) >= 11 is 0. The minimum atomic E-state index is -5.59. The number of sulfone groups is 1. The van der Waals surface area contributed by atoms with Crippen LogP contribution < -0.4 is 10.2 Å². The van der Waals surface area contributed by atoms with Crippen molar-refractivity contribution < 1.29 is 40.7 Å². The predicted molar refractivity (Wildman–Crippen MR) is 122 cm³/mol. The number of hydrogen-bond acceptors (Lipinski definition) is 7. The van der Waals surface area contributed by atoms with Crippen LogP contribution in [-0.2, 0) is 25.9 Å². The highest BCUT2D eigenvalue weighted by atomic mass is 32.2. The molecule has 4 amide bonds. The van der Waals surface area contributed by atoms with Gasteiger partial charge in [-0.2, -0.15) is 13.2 Å². The molecule has 0 atom stereocenters. The molecule has 1 aromatic carbocycles. The lowest BCUT2D eigenvalue weighted by Crippen LogP contribution is -2.43. The van der Waals surface area contributed by atoms with Crippen LogP contribution in [-0.4, -0.2) is 53.5 Å². The van der Waals surface area contributed by atoms with Gasteiger partial charge in [-0.1, -0.05) is 0 Å². The molecule has 1 N–H and O–H groups in total. The van der Waals surface area contributed by atoms with E-state index in [0.29, 0.717) is 17.7 Å². The van der Waals surface area contributed by atoms with Gasteiger partial charge in [0, 0.05) is 6.20 Å². The van der Waals surface area contributed by atoms with E-state index in [2.05, 4.69) is 10.3 Å². The lowest BCUT2D eigenvalue weighted by atomic mass is 10.0. The molecule has 1 aliphatic rings. The van der Waals surface area contributed by atoms with Crippen LogP contribution in [0.5, 0.6) is 0 Å². The van der Waals surface area contributed by atoms with Gasteiger partial charge in [-0.05, 0) is 63.6 Å². The molecular weight excluding hydrogens is 505 g/mol. The average molecular weight is 529 g/mol. The number of urea groups is 1. The van der Waals surface area contributed by atoms with E-state index in [0.717, 1.165) is 17.0 Å². The first-order chi connectivity index (χ1) is 16.6. The van der Waals surface area contributed by atoms with Crippen molar-refractivity contribution in [3.05, 3.63) is 48.3 Å². The first-order valence-corrected chi connectivity index (χ1v) is 12.0. The molecule has 0 radical (unpaired) electrons. The van der Waals surface area contributed by atoms with Gasteiger partial charge >= 0.3 is 17.6 Å². The van der Waals surface area contributed by atoms with E-state index in [4.69, 9.17) is 4.74 Å². The normalized spacial score (nSPS) is 16.0. The van der Waals surface area contributed by atoms with Crippen LogP contribution in [0.4, 0.5) is 34.1 Å². The monoisotopic (exact) mass is 528 g/mol. The number of rotatable bonds is 6. The summed E-state index contributed by atoms with van der Waals surface area (Å²) in [6, 6.07) is 4.02. The first kappa shape index (κ1) is 26.9. The molecule has 0 unspecified atom stereocenters. The zero-order chi connectivity index (χ0) is 27.1. The Kier molecular flexibility index (Phi) is 7.03. The predicted octanol–water partition coefficient (Wildman–Crippen LogP) is 4.08. The highest BCUT2D eigenvalue weighted by Gasteiger charge is 2.52. The van der Waals surface area contributed by atoms with Crippen LogP contribution in [0.1, 0.15) is 33.3 Å². The molecular formula is C22H23F3N4O6S. The van der Waals surface area contributed by atoms with E-state index >= 15 is 0 Å². The van der Waals surface area contributed by atoms with Gasteiger partial charge in [-0.3, -0.25) is 15.1 Å². The Labute approximate surface area is 205 Å². The number of nitrogens with one attached hydrogen (secondary N) is 1. The number of hydrogen-bond donors (Lipinski definition) is 1. The molecule has 3 rings (SSSR count). The van der Waals surface area contributed by atoms with Crippen molar-refractivity contribution in [1.82, 2.24) is 9.88 Å². The van der Waals surface area contributed by atoms with Crippen LogP contribution >= 0.6 is 0 Å². The number of aromatic nitrogens is 1. The second kappa shape index (κ2) is 9.41. The molecule has 1 aliphatic heterocycles. The smallest absolute Gasteiger partial charge is 0.447 e. The molecule has 0 aliphatic carbocycles. The Balaban J connectivity index is 1.90. The van der Waals surface area contributed by atoms with E-state index < -0.39 is 43.8 Å². The Morgan fingerprint density at radius 3 is 2.31 bits per heavy atom. The summed E-state index contributed by atoms with van der Waals surface area (Å²) in [5.74, 6) is -0.679. The van der Waals surface area contributed by atoms with E-state index in [-0.39, 0.29) is 24.0 Å². The van der Waals surface area contributed by atoms with Gasteiger partial charge in [0.05, 0.1) is 35.1 Å². The second-order valence-electron chi connectivity index (χ2n) is 8.62. The fourth-order valence-corrected chi connectivity index (χ4v) is 4.20. The number of halogens is 3. The van der Waals surface area contributed by atoms with E-state index in [1.807, 2.05) is 0 Å². The van der Waals surface area contributed by atoms with Gasteiger partial charge in [0.1, 0.15) is 5.54 Å². The van der Waals surface area contributed by atoms with Crippen LogP contribution in [0.2, 0.25) is 0 Å². The molecule has 10 nitrogen and oxygen atoms in total. The molecule has 36 heavy (non-hydrogen) atoms. The molecule has 1 fully saturated rings. The number of ether oxygens (including phenoxy) is 1. The van der Waals surface area contributed by atoms with Crippen LogP contribution in [0.15, 0.2) is 47.6 Å². The van der Waals surface area contributed by atoms with Gasteiger partial charge in [-0.25, -0.2) is 22.9 Å². The summed E-state index contributed by atoms with van der Waals surface area (Å²) in [4.78, 5) is 43.3. The Morgan fingerprint density at radius 1 is 1.14 bits per heavy atom. The first-order valence-electron chi connectivity index (χ1n) is 10.6. The number of anilines is 2. The molecule has 2 aromatic rings. The SMILES string of the molecule is CC(C)OC(=O)Nc1cnccc1CN1C(=O)N(c2ccc(S(=O)(=O)C(F)(F)F)cc2)C(=O)C1(C)C. The van der Waals surface area contributed by atoms with Gasteiger partial charge in [0.2, 0.25) is 0 Å². The molecule has 0 saturated carbocycles. The number of imide groups is 1. The van der Waals surface area contributed by atoms with Crippen LogP contribution in [0.3, 0.4) is 0 Å². The molecule has 1 aromatic heterocycles. The van der Waals surface area contributed by atoms with Crippen LogP contribution in [0, 0.1) is 0 Å². The number of carbonyl (C=O) groups is 3. The molecule has 1 saturated heterocycles. The summed E-state index contributed by atoms with van der Waals surface area (Å²) in [6.07, 6.45) is 1.66. The van der Waals surface area contributed by atoms with Gasteiger partial charge in [0.25, 0.3) is 15.7 Å². The summed E-state index contributed by atoms with van der Waals surface area (Å²) in [6.45, 7) is 6.17. The van der Waals surface area contributed by atoms with Gasteiger partial charge in [0.15, 0.2) is 0 Å². The Hall–Kier alpha value is -3.68. The van der Waals surface area contributed by atoms with Crippen molar-refractivity contribution in [3.8, 4) is 0 Å². The van der Waals surface area contributed by atoms with E-state index in [1.165, 1.54) is 37.2 Å². The van der Waals surface area contributed by atoms with Crippen molar-refractivity contribution in [2.24, 2.45) is 0 Å². The second-order valence-corrected chi connectivity index (χ2v) is 10.6. The third kappa shape index (κ3) is 4.98. The highest BCUT2D eigenvalue weighted by molar-refractivity contribution is 7.92. The third-order valence-corrected chi connectivity index (χ3v) is 6.85. The number of carbonyl (C=O) groups excluding carboxylic acids is 3. The lowest BCUT2D eigenvalue weighted by Gasteiger charge is -2.28. The van der Waals surface area contributed by atoms with E-state index in [9.17, 15) is 36.0 Å². The largest absolute Gasteiger partial charge is 0.501 e. The summed E-state index contributed by atoms with van der Waals surface area (Å²) < 4.78 is 66.8. The number of nitrogens with zero attached hydrogens (tertiary/aromatic N) is 3. The maximum absolute atomic E-state index is 13.3. The molecule has 2 heterocycles. The number of alkyl halides is 3. The maximum atomic E-state index is 13.3. The summed E-state index contributed by atoms with van der Waals surface area (Å²) in [5.41, 5.74) is -6.29. The minimum absolute atomic E-state index is 0.102. The maximum Gasteiger partial charge on any atom is 0.501 e. The fourth-order valence-electron chi connectivity index (χ4n) is 3.43. The highest BCUT2D eigenvalue weighted by Crippen LogP contribution is 2.36. The zero-order valence-corrected chi connectivity index (χ0v) is 20.5. The average Bonchev–Trinajstić information content (AvgIpc) is 2.93. The van der Waals surface area contributed by atoms with Crippen molar-refractivity contribution in [3.63, 3.8) is 0 Å². The zero-order valence-electron chi connectivity index (χ0n) is 19.7. The summed E-state index contributed by atoms with van der Waals surface area (Å²) in [5, 5.41) is 2.54. The number of pyridine rings is 1. The number of amides is 4. The fraction of sp³-hybridized carbons (Fsp3) is 0.364. The van der Waals surface area contributed by atoms with Crippen molar-refractivity contribution >= 4 is 39.2 Å². The van der Waals surface area contributed by atoms with Crippen molar-refractivity contribution in [2.45, 2.75) is 56.3 Å². The van der Waals surface area contributed by atoms with Crippen molar-refractivity contribution in [2.75, 3.05) is 10.2 Å². The quantitative estimate of drug-likeness (QED) is 0.560. The molecule has 0 spiro atoms. The molecule has 14 heteroatoms. The Bertz CT molecular complexity index is 1290. The molecule has 194 valence electrons. The van der Waals surface area contributed by atoms with Crippen molar-refractivity contribution in [1.29, 1.82) is 0 Å². The Morgan fingerprint density at radius 2 is 1.75 bits per heavy atom. The van der Waals surface area contributed by atoms with E-state index in [1.54, 1.807) is 13.8 Å². The summed E-state index contributed by atoms with van der Waals surface area (Å²) in [7, 11) is -5.59. The topological polar surface area (TPSA) is 126 Å².